The van der Waals surface area contributed by atoms with Gasteiger partial charge in [0.25, 0.3) is 0 Å². The molecule has 1 heterocycles. The molecule has 1 aliphatic carbocycles. The highest BCUT2D eigenvalue weighted by atomic mass is 127. The average Bonchev–Trinajstić information content (AvgIpc) is 3.39. The van der Waals surface area contributed by atoms with Crippen LogP contribution in [-0.2, 0) is 19.5 Å². The van der Waals surface area contributed by atoms with E-state index in [9.17, 15) is 4.39 Å². The van der Waals surface area contributed by atoms with Crippen LogP contribution in [0.1, 0.15) is 44.0 Å². The summed E-state index contributed by atoms with van der Waals surface area (Å²) in [4.78, 5) is 6.87. The number of halogens is 2. The summed E-state index contributed by atoms with van der Waals surface area (Å²) in [6.45, 7) is 3.99. The number of hydrogen-bond acceptors (Lipinski definition) is 4. The lowest BCUT2D eigenvalue weighted by Crippen LogP contribution is -2.43. The van der Waals surface area contributed by atoms with E-state index in [0.717, 1.165) is 43.2 Å². The van der Waals surface area contributed by atoms with Crippen molar-refractivity contribution in [2.45, 2.75) is 58.2 Å². The molecule has 0 atom stereocenters. The largest absolute Gasteiger partial charge is 0.494 e. The minimum Gasteiger partial charge on any atom is -0.494 e. The molecule has 0 unspecified atom stereocenters. The maximum Gasteiger partial charge on any atom is 0.194 e. The zero-order valence-electron chi connectivity index (χ0n) is 18.0. The fraction of sp³-hybridized carbons (Fsp3) is 0.571. The molecular formula is C21H32FIN6O. The van der Waals surface area contributed by atoms with Crippen LogP contribution in [-0.4, -0.2) is 52.4 Å². The normalized spacial score (nSPS) is 14.5. The molecule has 166 valence electrons. The molecule has 9 heteroatoms. The highest BCUT2D eigenvalue weighted by Gasteiger charge is 2.18. The molecule has 2 aromatic rings. The number of nitrogens with one attached hydrogen (secondary N) is 1. The van der Waals surface area contributed by atoms with Gasteiger partial charge in [-0.2, -0.15) is 0 Å². The number of rotatable bonds is 8. The van der Waals surface area contributed by atoms with Crippen molar-refractivity contribution < 1.29 is 9.13 Å². The van der Waals surface area contributed by atoms with Crippen LogP contribution < -0.4 is 10.1 Å². The first-order chi connectivity index (χ1) is 14.1. The number of methoxy groups -OCH3 is 1. The van der Waals surface area contributed by atoms with Gasteiger partial charge in [0.05, 0.1) is 13.7 Å². The highest BCUT2D eigenvalue weighted by Crippen LogP contribution is 2.20. The molecular weight excluding hydrogens is 498 g/mol. The van der Waals surface area contributed by atoms with E-state index in [0.29, 0.717) is 19.1 Å². The van der Waals surface area contributed by atoms with Gasteiger partial charge in [-0.25, -0.2) is 4.39 Å². The van der Waals surface area contributed by atoms with Crippen molar-refractivity contribution >= 4 is 29.9 Å². The second-order valence-corrected chi connectivity index (χ2v) is 7.45. The summed E-state index contributed by atoms with van der Waals surface area (Å²) in [6, 6.07) is 5.52. The minimum absolute atomic E-state index is 0. The van der Waals surface area contributed by atoms with E-state index in [1.165, 1.54) is 26.0 Å². The number of benzene rings is 1. The number of ether oxygens (including phenoxy) is 1. The second-order valence-electron chi connectivity index (χ2n) is 7.45. The summed E-state index contributed by atoms with van der Waals surface area (Å²) in [5.41, 5.74) is 0.874. The Bertz CT molecular complexity index is 822. The molecule has 0 bridgehead atoms. The quantitative estimate of drug-likeness (QED) is 0.321. The van der Waals surface area contributed by atoms with Crippen molar-refractivity contribution in [3.63, 3.8) is 0 Å². The van der Waals surface area contributed by atoms with Crippen LogP contribution in [0.2, 0.25) is 0 Å². The first-order valence-electron chi connectivity index (χ1n) is 10.3. The Balaban J connectivity index is 0.00000320. The summed E-state index contributed by atoms with van der Waals surface area (Å²) in [6.07, 6.45) is 7.42. The molecule has 0 spiro atoms. The first-order valence-corrected chi connectivity index (χ1v) is 10.3. The summed E-state index contributed by atoms with van der Waals surface area (Å²) >= 11 is 0. The molecule has 7 nitrogen and oxygen atoms in total. The summed E-state index contributed by atoms with van der Waals surface area (Å²) < 4.78 is 21.1. The van der Waals surface area contributed by atoms with Crippen molar-refractivity contribution in [2.24, 2.45) is 4.99 Å². The van der Waals surface area contributed by atoms with Crippen LogP contribution in [0.25, 0.3) is 0 Å². The standard InChI is InChI=1S/C21H31FN6O.HI/c1-4-20-26-24-15-28(20)12-11-23-21(25-17-7-5-6-8-17)27(2)14-16-9-10-19(29-3)18(22)13-16;/h9-10,13,15,17H,4-8,11-12,14H2,1-3H3,(H,23,25);1H. The lowest BCUT2D eigenvalue weighted by molar-refractivity contribution is 0.385. The molecule has 0 aliphatic heterocycles. The van der Waals surface area contributed by atoms with Crippen molar-refractivity contribution in [1.82, 2.24) is 25.0 Å². The average molecular weight is 530 g/mol. The monoisotopic (exact) mass is 530 g/mol. The molecule has 1 saturated carbocycles. The number of guanidine groups is 1. The number of aryl methyl sites for hydroxylation is 1. The summed E-state index contributed by atoms with van der Waals surface area (Å²) in [5, 5.41) is 11.7. The van der Waals surface area contributed by atoms with E-state index in [2.05, 4.69) is 22.4 Å². The van der Waals surface area contributed by atoms with Crippen LogP contribution in [0.5, 0.6) is 5.75 Å². The van der Waals surface area contributed by atoms with Gasteiger partial charge in [0.15, 0.2) is 17.5 Å². The predicted molar refractivity (Wildman–Crippen MR) is 127 cm³/mol. The zero-order chi connectivity index (χ0) is 20.6. The summed E-state index contributed by atoms with van der Waals surface area (Å²) in [5.74, 6) is 1.72. The molecule has 1 fully saturated rings. The molecule has 30 heavy (non-hydrogen) atoms. The van der Waals surface area contributed by atoms with Crippen LogP contribution in [0.4, 0.5) is 4.39 Å². The second kappa shape index (κ2) is 12.1. The maximum atomic E-state index is 14.1. The van der Waals surface area contributed by atoms with Crippen molar-refractivity contribution in [3.05, 3.63) is 41.7 Å². The fourth-order valence-corrected chi connectivity index (χ4v) is 3.69. The molecule has 1 N–H and O–H groups in total. The topological polar surface area (TPSA) is 67.6 Å². The predicted octanol–water partition coefficient (Wildman–Crippen LogP) is 3.63. The lowest BCUT2D eigenvalue weighted by Gasteiger charge is -2.25. The van der Waals surface area contributed by atoms with E-state index in [1.807, 2.05) is 22.6 Å². The first kappa shape index (κ1) is 24.4. The van der Waals surface area contributed by atoms with Gasteiger partial charge in [0.2, 0.25) is 0 Å². The third-order valence-corrected chi connectivity index (χ3v) is 5.30. The number of nitrogens with zero attached hydrogens (tertiary/aromatic N) is 5. The molecule has 0 amide bonds. The number of aliphatic imine (C=N–C) groups is 1. The molecule has 1 aromatic heterocycles. The lowest BCUT2D eigenvalue weighted by atomic mass is 10.2. The van der Waals surface area contributed by atoms with Gasteiger partial charge in [-0.05, 0) is 30.5 Å². The number of hydrogen-bond donors (Lipinski definition) is 1. The zero-order valence-corrected chi connectivity index (χ0v) is 20.3. The van der Waals surface area contributed by atoms with Crippen molar-refractivity contribution in [3.8, 4) is 5.75 Å². The Kier molecular flexibility index (Phi) is 9.80. The van der Waals surface area contributed by atoms with Gasteiger partial charge in [0, 0.05) is 32.6 Å². The smallest absolute Gasteiger partial charge is 0.194 e. The van der Waals surface area contributed by atoms with E-state index in [-0.39, 0.29) is 35.5 Å². The van der Waals surface area contributed by atoms with Gasteiger partial charge >= 0.3 is 0 Å². The molecule has 0 radical (unpaired) electrons. The van der Waals surface area contributed by atoms with Crippen molar-refractivity contribution in [1.29, 1.82) is 0 Å². The number of aromatic nitrogens is 3. The molecule has 1 aliphatic rings. The Hall–Kier alpha value is -1.91. The SMILES string of the molecule is CCc1nncn1CCN=C(NC1CCCC1)N(C)Cc1ccc(OC)c(F)c1.I. The van der Waals surface area contributed by atoms with Gasteiger partial charge in [-0.3, -0.25) is 4.99 Å². The van der Waals surface area contributed by atoms with E-state index < -0.39 is 0 Å². The van der Waals surface area contributed by atoms with Crippen LogP contribution >= 0.6 is 24.0 Å². The third-order valence-electron chi connectivity index (χ3n) is 5.30. The Morgan fingerprint density at radius 3 is 2.80 bits per heavy atom. The molecule has 1 aromatic carbocycles. The minimum atomic E-state index is -0.347. The Morgan fingerprint density at radius 1 is 1.37 bits per heavy atom. The van der Waals surface area contributed by atoms with Crippen molar-refractivity contribution in [2.75, 3.05) is 20.7 Å². The fourth-order valence-electron chi connectivity index (χ4n) is 3.69. The van der Waals surface area contributed by atoms with E-state index >= 15 is 0 Å². The van der Waals surface area contributed by atoms with Gasteiger partial charge < -0.3 is 19.5 Å². The van der Waals surface area contributed by atoms with Gasteiger partial charge in [0.1, 0.15) is 12.2 Å². The third kappa shape index (κ3) is 6.55. The Labute approximate surface area is 195 Å². The molecule has 3 rings (SSSR count). The Morgan fingerprint density at radius 2 is 2.13 bits per heavy atom. The van der Waals surface area contributed by atoms with E-state index in [4.69, 9.17) is 9.73 Å². The maximum absolute atomic E-state index is 14.1. The van der Waals surface area contributed by atoms with Gasteiger partial charge in [-0.15, -0.1) is 34.2 Å². The van der Waals surface area contributed by atoms with E-state index in [1.54, 1.807) is 12.4 Å². The summed E-state index contributed by atoms with van der Waals surface area (Å²) in [7, 11) is 3.46. The van der Waals surface area contributed by atoms with Crippen LogP contribution in [0, 0.1) is 5.82 Å². The van der Waals surface area contributed by atoms with Gasteiger partial charge in [-0.1, -0.05) is 25.8 Å². The van der Waals surface area contributed by atoms with Crippen LogP contribution in [0.15, 0.2) is 29.5 Å². The highest BCUT2D eigenvalue weighted by molar-refractivity contribution is 14.0. The molecule has 0 saturated heterocycles. The van der Waals surface area contributed by atoms with Crippen LogP contribution in [0.3, 0.4) is 0 Å².